The fraction of sp³-hybridized carbons (Fsp3) is 0.481. The number of carbonyl (C=O) groups is 2. The lowest BCUT2D eigenvalue weighted by Crippen LogP contribution is -2.40. The number of aromatic nitrogens is 2. The lowest BCUT2D eigenvalue weighted by atomic mass is 10.2. The number of anilines is 3. The highest BCUT2D eigenvalue weighted by molar-refractivity contribution is 5.95. The fourth-order valence-corrected chi connectivity index (χ4v) is 3.41. The lowest BCUT2D eigenvalue weighted by Gasteiger charge is -2.19. The summed E-state index contributed by atoms with van der Waals surface area (Å²) >= 11 is 0. The molecule has 1 aliphatic rings. The van der Waals surface area contributed by atoms with Gasteiger partial charge in [-0.3, -0.25) is 9.59 Å². The van der Waals surface area contributed by atoms with Crippen molar-refractivity contribution in [3.8, 4) is 11.8 Å². The van der Waals surface area contributed by atoms with Crippen molar-refractivity contribution in [3.63, 3.8) is 0 Å². The number of rotatable bonds is 12. The Hall–Kier alpha value is -3.64. The van der Waals surface area contributed by atoms with Crippen molar-refractivity contribution >= 4 is 29.3 Å². The van der Waals surface area contributed by atoms with Crippen LogP contribution in [0.5, 0.6) is 0 Å². The molecule has 1 fully saturated rings. The number of unbranched alkanes of at least 4 members (excludes halogenated alkanes) is 1. The Morgan fingerprint density at radius 1 is 1.22 bits per heavy atom. The molecule has 36 heavy (non-hydrogen) atoms. The summed E-state index contributed by atoms with van der Waals surface area (Å²) in [4.78, 5) is 35.2. The molecule has 1 atom stereocenters. The van der Waals surface area contributed by atoms with Crippen molar-refractivity contribution in [1.29, 1.82) is 0 Å². The van der Waals surface area contributed by atoms with E-state index in [9.17, 15) is 9.59 Å². The normalized spacial score (nSPS) is 13.2. The zero-order chi connectivity index (χ0) is 25.9. The third-order valence-corrected chi connectivity index (χ3v) is 5.83. The Labute approximate surface area is 213 Å². The van der Waals surface area contributed by atoms with Crippen molar-refractivity contribution in [3.05, 3.63) is 41.6 Å². The van der Waals surface area contributed by atoms with Gasteiger partial charge in [-0.25, -0.2) is 4.98 Å². The van der Waals surface area contributed by atoms with E-state index in [2.05, 4.69) is 49.9 Å². The fourth-order valence-electron chi connectivity index (χ4n) is 3.41. The van der Waals surface area contributed by atoms with Crippen molar-refractivity contribution in [1.82, 2.24) is 25.9 Å². The largest absolute Gasteiger partial charge is 0.358 e. The second-order valence-electron chi connectivity index (χ2n) is 9.01. The summed E-state index contributed by atoms with van der Waals surface area (Å²) in [6.07, 6.45) is 6.26. The van der Waals surface area contributed by atoms with Gasteiger partial charge < -0.3 is 26.2 Å². The second kappa shape index (κ2) is 13.4. The Kier molecular flexibility index (Phi) is 10.1. The van der Waals surface area contributed by atoms with Crippen molar-refractivity contribution in [2.45, 2.75) is 58.0 Å². The summed E-state index contributed by atoms with van der Waals surface area (Å²) in [5.41, 5.74) is 2.20. The quantitative estimate of drug-likeness (QED) is 0.267. The van der Waals surface area contributed by atoms with Gasteiger partial charge in [0.05, 0.1) is 17.8 Å². The summed E-state index contributed by atoms with van der Waals surface area (Å²) < 4.78 is 0. The van der Waals surface area contributed by atoms with Crippen LogP contribution in [0.3, 0.4) is 0 Å². The maximum Gasteiger partial charge on any atom is 0.251 e. The average molecular weight is 492 g/mol. The molecule has 9 nitrogen and oxygen atoms in total. The molecule has 1 heterocycles. The van der Waals surface area contributed by atoms with Crippen LogP contribution in [0.25, 0.3) is 0 Å². The molecule has 192 valence electrons. The molecular formula is C27H37N7O2. The number of hydrogen-bond donors (Lipinski definition) is 4. The molecule has 1 aromatic heterocycles. The molecule has 0 aliphatic heterocycles. The van der Waals surface area contributed by atoms with E-state index in [0.717, 1.165) is 49.3 Å². The maximum absolute atomic E-state index is 12.2. The van der Waals surface area contributed by atoms with Gasteiger partial charge in [0.15, 0.2) is 0 Å². The van der Waals surface area contributed by atoms with Gasteiger partial charge in [0.25, 0.3) is 5.91 Å². The Balaban J connectivity index is 1.62. The minimum absolute atomic E-state index is 0.0124. The third-order valence-electron chi connectivity index (χ3n) is 5.83. The SMILES string of the molecule is CCCN(C)c1nc(Nc2ccc(C(=O)NC3CC3)cc2)ncc1C#CCCCNC(=O)[C@H](C)NC. The molecule has 2 aromatic rings. The van der Waals surface area contributed by atoms with Crippen molar-refractivity contribution in [2.24, 2.45) is 0 Å². The van der Waals surface area contributed by atoms with Crippen LogP contribution in [0.2, 0.25) is 0 Å². The predicted octanol–water partition coefficient (Wildman–Crippen LogP) is 2.81. The first-order chi connectivity index (χ1) is 17.4. The van der Waals surface area contributed by atoms with E-state index in [-0.39, 0.29) is 17.9 Å². The summed E-state index contributed by atoms with van der Waals surface area (Å²) in [5.74, 6) is 7.55. The van der Waals surface area contributed by atoms with E-state index >= 15 is 0 Å². The lowest BCUT2D eigenvalue weighted by molar-refractivity contribution is -0.122. The van der Waals surface area contributed by atoms with E-state index in [0.29, 0.717) is 30.5 Å². The minimum atomic E-state index is -0.207. The number of nitrogens with one attached hydrogen (secondary N) is 4. The standard InChI is InChI=1S/C27H37N7O2/c1-5-17-34(4)24-21(9-7-6-8-16-29-25(35)19(2)28-3)18-30-27(33-24)32-23-12-10-20(11-13-23)26(36)31-22-14-15-22/h10-13,18-19,22,28H,5-6,8,14-17H2,1-4H3,(H,29,35)(H,31,36)(H,30,32,33)/t19-/m0/s1. The monoisotopic (exact) mass is 491 g/mol. The molecular weight excluding hydrogens is 454 g/mol. The van der Waals surface area contributed by atoms with Gasteiger partial charge in [0.2, 0.25) is 11.9 Å². The van der Waals surface area contributed by atoms with E-state index < -0.39 is 0 Å². The Morgan fingerprint density at radius 2 is 1.97 bits per heavy atom. The summed E-state index contributed by atoms with van der Waals surface area (Å²) in [7, 11) is 3.75. The highest BCUT2D eigenvalue weighted by atomic mass is 16.2. The van der Waals surface area contributed by atoms with Gasteiger partial charge in [-0.05, 0) is 63.9 Å². The van der Waals surface area contributed by atoms with Gasteiger partial charge in [-0.2, -0.15) is 4.98 Å². The summed E-state index contributed by atoms with van der Waals surface area (Å²) in [5, 5.41) is 12.0. The second-order valence-corrected chi connectivity index (χ2v) is 9.01. The van der Waals surface area contributed by atoms with E-state index in [1.165, 1.54) is 0 Å². The molecule has 0 unspecified atom stereocenters. The number of amides is 2. The van der Waals surface area contributed by atoms with E-state index in [1.54, 1.807) is 25.4 Å². The zero-order valence-electron chi connectivity index (χ0n) is 21.6. The van der Waals surface area contributed by atoms with Crippen LogP contribution in [0, 0.1) is 11.8 Å². The molecule has 9 heteroatoms. The molecule has 0 spiro atoms. The molecule has 1 aliphatic carbocycles. The van der Waals surface area contributed by atoms with Gasteiger partial charge >= 0.3 is 0 Å². The van der Waals surface area contributed by atoms with Crippen LogP contribution >= 0.6 is 0 Å². The maximum atomic E-state index is 12.2. The third kappa shape index (κ3) is 8.24. The number of carbonyl (C=O) groups excluding carboxylic acids is 2. The van der Waals surface area contributed by atoms with Gasteiger partial charge in [-0.15, -0.1) is 0 Å². The van der Waals surface area contributed by atoms with Crippen LogP contribution < -0.4 is 26.2 Å². The van der Waals surface area contributed by atoms with Gasteiger partial charge in [0.1, 0.15) is 5.82 Å². The van der Waals surface area contributed by atoms with Crippen LogP contribution in [-0.2, 0) is 4.79 Å². The van der Waals surface area contributed by atoms with E-state index in [4.69, 9.17) is 4.98 Å². The highest BCUT2D eigenvalue weighted by Crippen LogP contribution is 2.22. The van der Waals surface area contributed by atoms with E-state index in [1.807, 2.05) is 26.1 Å². The molecule has 3 rings (SSSR count). The average Bonchev–Trinajstić information content (AvgIpc) is 3.70. The highest BCUT2D eigenvalue weighted by Gasteiger charge is 2.23. The number of benzene rings is 1. The minimum Gasteiger partial charge on any atom is -0.358 e. The molecule has 1 saturated carbocycles. The smallest absolute Gasteiger partial charge is 0.251 e. The molecule has 0 radical (unpaired) electrons. The number of likely N-dealkylation sites (N-methyl/N-ethyl adjacent to an activating group) is 1. The molecule has 2 amide bonds. The van der Waals surface area contributed by atoms with Crippen LogP contribution in [0.15, 0.2) is 30.5 Å². The predicted molar refractivity (Wildman–Crippen MR) is 143 cm³/mol. The van der Waals surface area contributed by atoms with Gasteiger partial charge in [-0.1, -0.05) is 18.8 Å². The first-order valence-electron chi connectivity index (χ1n) is 12.6. The molecule has 0 bridgehead atoms. The number of nitrogens with zero attached hydrogens (tertiary/aromatic N) is 3. The Morgan fingerprint density at radius 3 is 2.64 bits per heavy atom. The zero-order valence-corrected chi connectivity index (χ0v) is 21.6. The summed E-state index contributed by atoms with van der Waals surface area (Å²) in [6.45, 7) is 5.37. The Bertz CT molecular complexity index is 1090. The van der Waals surface area contributed by atoms with Crippen molar-refractivity contribution < 1.29 is 9.59 Å². The van der Waals surface area contributed by atoms with Crippen molar-refractivity contribution in [2.75, 3.05) is 37.4 Å². The van der Waals surface area contributed by atoms with Crippen LogP contribution in [-0.4, -0.2) is 61.1 Å². The topological polar surface area (TPSA) is 111 Å². The molecule has 4 N–H and O–H groups in total. The van der Waals surface area contributed by atoms with Gasteiger partial charge in [0, 0.05) is 43.9 Å². The number of hydrogen-bond acceptors (Lipinski definition) is 7. The van der Waals surface area contributed by atoms with Crippen LogP contribution in [0.4, 0.5) is 17.5 Å². The molecule has 0 saturated heterocycles. The summed E-state index contributed by atoms with van der Waals surface area (Å²) in [6, 6.07) is 7.42. The first-order valence-corrected chi connectivity index (χ1v) is 12.6. The van der Waals surface area contributed by atoms with Crippen LogP contribution in [0.1, 0.15) is 61.9 Å². The molecule has 1 aromatic carbocycles. The first kappa shape index (κ1) is 27.0.